The minimum Gasteiger partial charge on any atom is -0.396 e. The van der Waals surface area contributed by atoms with Gasteiger partial charge in [0.1, 0.15) is 0 Å². The maximum Gasteiger partial charge on any atom is 0.0501 e. The first kappa shape index (κ1) is 17.5. The second-order valence-electron chi connectivity index (χ2n) is 8.44. The maximum absolute atomic E-state index is 9.91. The summed E-state index contributed by atoms with van der Waals surface area (Å²) in [5.74, 6) is 1.63. The Balaban J connectivity index is 1.31. The largest absolute Gasteiger partial charge is 0.396 e. The molecule has 1 saturated carbocycles. The second kappa shape index (κ2) is 7.75. The quantitative estimate of drug-likeness (QED) is 0.831. The average molecular weight is 344 g/mol. The first-order valence-corrected chi connectivity index (χ1v) is 9.96. The molecule has 0 radical (unpaired) electrons. The molecule has 0 spiro atoms. The van der Waals surface area contributed by atoms with Gasteiger partial charge in [0.05, 0.1) is 6.61 Å². The van der Waals surface area contributed by atoms with Crippen LogP contribution in [0.5, 0.6) is 0 Å². The van der Waals surface area contributed by atoms with Crippen molar-refractivity contribution in [3.8, 4) is 0 Å². The summed E-state index contributed by atoms with van der Waals surface area (Å²) in [6, 6.07) is 11.5. The van der Waals surface area contributed by atoms with E-state index in [4.69, 9.17) is 4.74 Å². The summed E-state index contributed by atoms with van der Waals surface area (Å²) in [5, 5.41) is 13.8. The Hall–Kier alpha value is -0.940. The van der Waals surface area contributed by atoms with Crippen LogP contribution in [0.25, 0.3) is 0 Å². The monoisotopic (exact) mass is 344 g/mol. The van der Waals surface area contributed by atoms with E-state index in [-0.39, 0.29) is 12.0 Å². The summed E-state index contributed by atoms with van der Waals surface area (Å²) in [7, 11) is 0. The minimum absolute atomic E-state index is 0.0403. The Labute approximate surface area is 151 Å². The lowest BCUT2D eigenvalue weighted by Gasteiger charge is -2.37. The zero-order valence-electron chi connectivity index (χ0n) is 15.2. The average Bonchev–Trinajstić information content (AvgIpc) is 3.22. The van der Waals surface area contributed by atoms with Crippen molar-refractivity contribution in [2.24, 2.45) is 17.3 Å². The molecular weight excluding hydrogens is 312 g/mol. The molecule has 25 heavy (non-hydrogen) atoms. The molecule has 3 aliphatic rings. The molecule has 0 bridgehead atoms. The van der Waals surface area contributed by atoms with Gasteiger partial charge in [-0.2, -0.15) is 0 Å². The number of nitrogens with one attached hydrogen (secondary N) is 1. The van der Waals surface area contributed by atoms with Crippen LogP contribution in [0.15, 0.2) is 30.3 Å². The highest BCUT2D eigenvalue weighted by molar-refractivity contribution is 5.15. The third kappa shape index (κ3) is 3.92. The van der Waals surface area contributed by atoms with Gasteiger partial charge in [0.25, 0.3) is 0 Å². The van der Waals surface area contributed by atoms with Gasteiger partial charge in [0, 0.05) is 50.8 Å². The van der Waals surface area contributed by atoms with Crippen molar-refractivity contribution >= 4 is 0 Å². The first-order valence-electron chi connectivity index (χ1n) is 9.96. The molecule has 3 fully saturated rings. The SMILES string of the molecule is OCC1(CNC2CCC3CN(Cc4ccccc4)CC32)CCOCC1. The molecule has 4 nitrogen and oxygen atoms in total. The molecule has 1 aliphatic carbocycles. The fourth-order valence-electron chi connectivity index (χ4n) is 5.12. The molecule has 1 aromatic carbocycles. The van der Waals surface area contributed by atoms with E-state index in [0.29, 0.717) is 6.04 Å². The topological polar surface area (TPSA) is 44.7 Å². The van der Waals surface area contributed by atoms with Crippen LogP contribution in [0.2, 0.25) is 0 Å². The second-order valence-corrected chi connectivity index (χ2v) is 8.44. The normalized spacial score (nSPS) is 32.0. The molecule has 3 unspecified atom stereocenters. The minimum atomic E-state index is 0.0403. The van der Waals surface area contributed by atoms with Gasteiger partial charge in [-0.3, -0.25) is 4.90 Å². The Morgan fingerprint density at radius 2 is 1.92 bits per heavy atom. The summed E-state index contributed by atoms with van der Waals surface area (Å²) < 4.78 is 5.49. The molecule has 138 valence electrons. The standard InChI is InChI=1S/C21H32N2O2/c24-16-21(8-10-25-11-9-21)15-22-20-7-6-18-13-23(14-19(18)20)12-17-4-2-1-3-5-17/h1-5,18-20,22,24H,6-16H2. The van der Waals surface area contributed by atoms with E-state index in [0.717, 1.165) is 51.0 Å². The summed E-state index contributed by atoms with van der Waals surface area (Å²) >= 11 is 0. The fraction of sp³-hybridized carbons (Fsp3) is 0.714. The number of nitrogens with zero attached hydrogens (tertiary/aromatic N) is 1. The predicted molar refractivity (Wildman–Crippen MR) is 99.3 cm³/mol. The fourth-order valence-corrected chi connectivity index (χ4v) is 5.12. The smallest absolute Gasteiger partial charge is 0.0501 e. The van der Waals surface area contributed by atoms with Gasteiger partial charge in [-0.1, -0.05) is 30.3 Å². The van der Waals surface area contributed by atoms with Crippen molar-refractivity contribution in [3.63, 3.8) is 0 Å². The van der Waals surface area contributed by atoms with Crippen LogP contribution in [0.3, 0.4) is 0 Å². The number of likely N-dealkylation sites (tertiary alicyclic amines) is 1. The van der Waals surface area contributed by atoms with Gasteiger partial charge in [0.15, 0.2) is 0 Å². The predicted octanol–water partition coefficient (Wildman–Crippen LogP) is 2.28. The van der Waals surface area contributed by atoms with Crippen molar-refractivity contribution in [1.29, 1.82) is 0 Å². The van der Waals surface area contributed by atoms with Gasteiger partial charge in [-0.05, 0) is 43.1 Å². The lowest BCUT2D eigenvalue weighted by Crippen LogP contribution is -2.46. The van der Waals surface area contributed by atoms with E-state index in [2.05, 4.69) is 40.5 Å². The Morgan fingerprint density at radius 3 is 2.68 bits per heavy atom. The van der Waals surface area contributed by atoms with Crippen LogP contribution in [-0.4, -0.2) is 55.5 Å². The number of aliphatic hydroxyl groups excluding tert-OH is 1. The summed E-state index contributed by atoms with van der Waals surface area (Å²) in [6.45, 7) is 6.36. The van der Waals surface area contributed by atoms with Crippen molar-refractivity contribution in [2.75, 3.05) is 39.5 Å². The van der Waals surface area contributed by atoms with E-state index in [1.54, 1.807) is 0 Å². The highest BCUT2D eigenvalue weighted by Gasteiger charge is 2.43. The van der Waals surface area contributed by atoms with E-state index in [1.165, 1.54) is 31.5 Å². The maximum atomic E-state index is 9.91. The van der Waals surface area contributed by atoms with Crippen LogP contribution < -0.4 is 5.32 Å². The molecule has 3 atom stereocenters. The Kier molecular flexibility index (Phi) is 5.41. The summed E-state index contributed by atoms with van der Waals surface area (Å²) in [5.41, 5.74) is 1.46. The lowest BCUT2D eigenvalue weighted by molar-refractivity contribution is -0.0171. The van der Waals surface area contributed by atoms with Crippen LogP contribution in [0.1, 0.15) is 31.2 Å². The van der Waals surface area contributed by atoms with Crippen LogP contribution in [-0.2, 0) is 11.3 Å². The lowest BCUT2D eigenvalue weighted by atomic mass is 9.80. The van der Waals surface area contributed by atoms with Gasteiger partial charge < -0.3 is 15.2 Å². The van der Waals surface area contributed by atoms with Crippen molar-refractivity contribution < 1.29 is 9.84 Å². The molecule has 0 aromatic heterocycles. The van der Waals surface area contributed by atoms with Gasteiger partial charge in [-0.15, -0.1) is 0 Å². The van der Waals surface area contributed by atoms with E-state index in [1.807, 2.05) is 0 Å². The third-order valence-electron chi connectivity index (χ3n) is 6.81. The first-order chi connectivity index (χ1) is 12.3. The number of ether oxygens (including phenoxy) is 1. The summed E-state index contributed by atoms with van der Waals surface area (Å²) in [4.78, 5) is 2.63. The van der Waals surface area contributed by atoms with Crippen molar-refractivity contribution in [2.45, 2.75) is 38.3 Å². The molecular formula is C21H32N2O2. The molecule has 0 amide bonds. The number of benzene rings is 1. The number of aliphatic hydroxyl groups is 1. The molecule has 4 heteroatoms. The van der Waals surface area contributed by atoms with Crippen molar-refractivity contribution in [3.05, 3.63) is 35.9 Å². The third-order valence-corrected chi connectivity index (χ3v) is 6.81. The van der Waals surface area contributed by atoms with Gasteiger partial charge >= 0.3 is 0 Å². The van der Waals surface area contributed by atoms with E-state index < -0.39 is 0 Å². The highest BCUT2D eigenvalue weighted by Crippen LogP contribution is 2.39. The molecule has 4 rings (SSSR count). The number of fused-ring (bicyclic) bond motifs is 1. The van der Waals surface area contributed by atoms with E-state index >= 15 is 0 Å². The van der Waals surface area contributed by atoms with Crippen LogP contribution >= 0.6 is 0 Å². The van der Waals surface area contributed by atoms with Gasteiger partial charge in [0.2, 0.25) is 0 Å². The number of hydrogen-bond donors (Lipinski definition) is 2. The molecule has 2 heterocycles. The van der Waals surface area contributed by atoms with Crippen LogP contribution in [0.4, 0.5) is 0 Å². The molecule has 2 aliphatic heterocycles. The van der Waals surface area contributed by atoms with Crippen LogP contribution in [0, 0.1) is 17.3 Å². The molecule has 2 N–H and O–H groups in total. The number of rotatable bonds is 6. The summed E-state index contributed by atoms with van der Waals surface area (Å²) in [6.07, 6.45) is 4.62. The zero-order chi connectivity index (χ0) is 17.1. The van der Waals surface area contributed by atoms with Gasteiger partial charge in [-0.25, -0.2) is 0 Å². The Bertz CT molecular complexity index is 544. The Morgan fingerprint density at radius 1 is 1.12 bits per heavy atom. The van der Waals surface area contributed by atoms with Crippen molar-refractivity contribution in [1.82, 2.24) is 10.2 Å². The zero-order valence-corrected chi connectivity index (χ0v) is 15.2. The molecule has 2 saturated heterocycles. The van der Waals surface area contributed by atoms with E-state index in [9.17, 15) is 5.11 Å². The highest BCUT2D eigenvalue weighted by atomic mass is 16.5. The molecule has 1 aromatic rings. The number of hydrogen-bond acceptors (Lipinski definition) is 4.